The first-order valence-corrected chi connectivity index (χ1v) is 8.84. The maximum Gasteiger partial charge on any atom is 0.247 e. The molecule has 1 atom stereocenters. The van der Waals surface area contributed by atoms with E-state index < -0.39 is 5.41 Å². The van der Waals surface area contributed by atoms with Crippen molar-refractivity contribution in [3.63, 3.8) is 0 Å². The summed E-state index contributed by atoms with van der Waals surface area (Å²) in [4.78, 5) is 20.2. The number of likely N-dealkylation sites (N-methyl/N-ethyl adjacent to an activating group) is 1. The molecule has 0 N–H and O–H groups in total. The topological polar surface area (TPSA) is 32.7 Å². The molecule has 122 valence electrons. The molecule has 0 radical (unpaired) electrons. The molecule has 24 heavy (non-hydrogen) atoms. The molecule has 0 fully saturated rings. The first kappa shape index (κ1) is 15.6. The number of nitrogens with zero attached hydrogens (tertiary/aromatic N) is 2. The van der Waals surface area contributed by atoms with Crippen LogP contribution in [0.1, 0.15) is 31.9 Å². The molecule has 4 rings (SSSR count). The predicted octanol–water partition coefficient (Wildman–Crippen LogP) is 4.84. The van der Waals surface area contributed by atoms with E-state index in [2.05, 4.69) is 42.8 Å². The Kier molecular flexibility index (Phi) is 3.11. The van der Waals surface area contributed by atoms with Crippen molar-refractivity contribution >= 4 is 38.9 Å². The second-order valence-electron chi connectivity index (χ2n) is 7.50. The Labute approximate surface area is 150 Å². The number of amides is 1. The molecule has 0 saturated heterocycles. The third-order valence-electron chi connectivity index (χ3n) is 4.96. The molecule has 1 amide bonds. The van der Waals surface area contributed by atoms with Crippen LogP contribution in [0.5, 0.6) is 0 Å². The number of hydrogen-bond donors (Lipinski definition) is 0. The fraction of sp³-hybridized carbons (Fsp3) is 0.300. The summed E-state index contributed by atoms with van der Waals surface area (Å²) in [5.74, 6) is 0.0780. The van der Waals surface area contributed by atoms with Gasteiger partial charge in [-0.3, -0.25) is 9.79 Å². The van der Waals surface area contributed by atoms with E-state index in [0.717, 1.165) is 32.7 Å². The molecule has 0 bridgehead atoms. The summed E-state index contributed by atoms with van der Waals surface area (Å²) in [6.07, 6.45) is 0. The van der Waals surface area contributed by atoms with Crippen LogP contribution < -0.4 is 4.90 Å². The third-order valence-corrected chi connectivity index (χ3v) is 5.45. The lowest BCUT2D eigenvalue weighted by Gasteiger charge is -2.33. The summed E-state index contributed by atoms with van der Waals surface area (Å²) in [6.45, 7) is 6.39. The van der Waals surface area contributed by atoms with Crippen molar-refractivity contribution in [1.29, 1.82) is 0 Å². The number of para-hydroxylation sites is 1. The lowest BCUT2D eigenvalue weighted by molar-refractivity contribution is -0.119. The number of carbonyl (C=O) groups excluding carboxylic acids is 1. The zero-order chi connectivity index (χ0) is 17.3. The van der Waals surface area contributed by atoms with Crippen LogP contribution in [0.3, 0.4) is 0 Å². The van der Waals surface area contributed by atoms with Crippen LogP contribution in [0.2, 0.25) is 0 Å². The molecule has 2 heterocycles. The van der Waals surface area contributed by atoms with Crippen LogP contribution in [0.15, 0.2) is 51.9 Å². The molecule has 0 aliphatic carbocycles. The van der Waals surface area contributed by atoms with Crippen molar-refractivity contribution in [2.75, 3.05) is 11.9 Å². The average molecular weight is 383 g/mol. The van der Waals surface area contributed by atoms with Crippen molar-refractivity contribution in [1.82, 2.24) is 0 Å². The second-order valence-corrected chi connectivity index (χ2v) is 8.42. The molecule has 4 heteroatoms. The smallest absolute Gasteiger partial charge is 0.247 e. The first-order valence-electron chi connectivity index (χ1n) is 8.05. The SMILES string of the molecule is CN1C(=O)C2(C(C(C)(C)C)=Nc3ccccc32)c2ccc(Br)cc21. The summed E-state index contributed by atoms with van der Waals surface area (Å²) in [7, 11) is 1.85. The van der Waals surface area contributed by atoms with Crippen LogP contribution in [0.4, 0.5) is 11.4 Å². The van der Waals surface area contributed by atoms with Gasteiger partial charge in [0.1, 0.15) is 5.41 Å². The summed E-state index contributed by atoms with van der Waals surface area (Å²) >= 11 is 3.53. The van der Waals surface area contributed by atoms with E-state index in [4.69, 9.17) is 4.99 Å². The van der Waals surface area contributed by atoms with Gasteiger partial charge < -0.3 is 4.90 Å². The minimum Gasteiger partial charge on any atom is -0.314 e. The van der Waals surface area contributed by atoms with Gasteiger partial charge in [-0.15, -0.1) is 0 Å². The molecule has 2 aliphatic rings. The molecule has 2 aromatic rings. The largest absolute Gasteiger partial charge is 0.314 e. The molecule has 2 aromatic carbocycles. The van der Waals surface area contributed by atoms with Gasteiger partial charge in [-0.05, 0) is 18.2 Å². The van der Waals surface area contributed by atoms with Gasteiger partial charge >= 0.3 is 0 Å². The van der Waals surface area contributed by atoms with Crippen molar-refractivity contribution in [3.05, 3.63) is 58.1 Å². The van der Waals surface area contributed by atoms with Crippen LogP contribution in [-0.2, 0) is 10.2 Å². The quantitative estimate of drug-likeness (QED) is 0.641. The monoisotopic (exact) mass is 382 g/mol. The van der Waals surface area contributed by atoms with Crippen molar-refractivity contribution in [3.8, 4) is 0 Å². The van der Waals surface area contributed by atoms with E-state index >= 15 is 0 Å². The average Bonchev–Trinajstić information content (AvgIpc) is 2.98. The fourth-order valence-corrected chi connectivity index (χ4v) is 4.36. The lowest BCUT2D eigenvalue weighted by atomic mass is 9.66. The van der Waals surface area contributed by atoms with Gasteiger partial charge in [-0.25, -0.2) is 0 Å². The summed E-state index contributed by atoms with van der Waals surface area (Å²) in [6, 6.07) is 14.1. The zero-order valence-corrected chi connectivity index (χ0v) is 15.8. The van der Waals surface area contributed by atoms with E-state index in [1.807, 2.05) is 43.4 Å². The molecule has 1 spiro atoms. The summed E-state index contributed by atoms with van der Waals surface area (Å²) in [5, 5.41) is 0. The van der Waals surface area contributed by atoms with Crippen molar-refractivity contribution in [2.24, 2.45) is 10.4 Å². The van der Waals surface area contributed by atoms with E-state index in [9.17, 15) is 4.79 Å². The Hall–Kier alpha value is -1.94. The van der Waals surface area contributed by atoms with E-state index in [1.54, 1.807) is 4.90 Å². The number of carbonyl (C=O) groups is 1. The van der Waals surface area contributed by atoms with Crippen LogP contribution in [0, 0.1) is 5.41 Å². The fourth-order valence-electron chi connectivity index (χ4n) is 4.02. The number of halogens is 1. The number of hydrogen-bond acceptors (Lipinski definition) is 2. The Morgan fingerprint density at radius 2 is 1.79 bits per heavy atom. The Morgan fingerprint density at radius 3 is 2.50 bits per heavy atom. The number of benzene rings is 2. The lowest BCUT2D eigenvalue weighted by Crippen LogP contribution is -2.48. The minimum atomic E-state index is -0.806. The Morgan fingerprint density at radius 1 is 1.08 bits per heavy atom. The van der Waals surface area contributed by atoms with Crippen LogP contribution in [0.25, 0.3) is 0 Å². The van der Waals surface area contributed by atoms with E-state index in [-0.39, 0.29) is 11.3 Å². The molecular formula is C20H19BrN2O. The van der Waals surface area contributed by atoms with Crippen LogP contribution in [-0.4, -0.2) is 18.7 Å². The maximum atomic E-state index is 13.5. The molecule has 2 aliphatic heterocycles. The summed E-state index contributed by atoms with van der Waals surface area (Å²) in [5.41, 5.74) is 3.77. The van der Waals surface area contributed by atoms with Crippen molar-refractivity contribution in [2.45, 2.75) is 26.2 Å². The molecule has 3 nitrogen and oxygen atoms in total. The molecule has 1 unspecified atom stereocenters. The van der Waals surface area contributed by atoms with Crippen LogP contribution >= 0.6 is 15.9 Å². The second kappa shape index (κ2) is 4.79. The first-order chi connectivity index (χ1) is 11.3. The third kappa shape index (κ3) is 1.78. The van der Waals surface area contributed by atoms with E-state index in [1.165, 1.54) is 0 Å². The van der Waals surface area contributed by atoms with Crippen molar-refractivity contribution < 1.29 is 4.79 Å². The Bertz CT molecular complexity index is 910. The number of rotatable bonds is 0. The number of fused-ring (bicyclic) bond motifs is 4. The highest BCUT2D eigenvalue weighted by molar-refractivity contribution is 9.10. The molecule has 0 aromatic heterocycles. The standard InChI is InChI=1S/C20H19BrN2O/c1-19(2,3)17-20(13-7-5-6-8-15(13)22-17)14-10-9-12(21)11-16(14)23(4)18(20)24/h5-11H,1-4H3. The molecule has 0 saturated carbocycles. The zero-order valence-electron chi connectivity index (χ0n) is 14.2. The predicted molar refractivity (Wildman–Crippen MR) is 101 cm³/mol. The highest BCUT2D eigenvalue weighted by Crippen LogP contribution is 2.55. The van der Waals surface area contributed by atoms with Gasteiger partial charge in [0.05, 0.1) is 5.69 Å². The number of anilines is 1. The molecular weight excluding hydrogens is 364 g/mol. The van der Waals surface area contributed by atoms with Gasteiger partial charge in [-0.1, -0.05) is 61.0 Å². The maximum absolute atomic E-state index is 13.5. The van der Waals surface area contributed by atoms with E-state index in [0.29, 0.717) is 0 Å². The highest BCUT2D eigenvalue weighted by atomic mass is 79.9. The van der Waals surface area contributed by atoms with Gasteiger partial charge in [-0.2, -0.15) is 0 Å². The van der Waals surface area contributed by atoms with Gasteiger partial charge in [0.15, 0.2) is 0 Å². The number of aliphatic imine (C=N–C) groups is 1. The van der Waals surface area contributed by atoms with Gasteiger partial charge in [0, 0.05) is 39.5 Å². The normalized spacial score (nSPS) is 22.0. The minimum absolute atomic E-state index is 0.0780. The van der Waals surface area contributed by atoms with Gasteiger partial charge in [0.2, 0.25) is 5.91 Å². The summed E-state index contributed by atoms with van der Waals surface area (Å²) < 4.78 is 0.971. The highest BCUT2D eigenvalue weighted by Gasteiger charge is 2.60. The Balaban J connectivity index is 2.13. The van der Waals surface area contributed by atoms with Gasteiger partial charge in [0.25, 0.3) is 0 Å².